The van der Waals surface area contributed by atoms with E-state index in [4.69, 9.17) is 10.4 Å². The number of nitrogens with one attached hydrogen (secondary N) is 2. The molecule has 0 spiro atoms. The third-order valence-corrected chi connectivity index (χ3v) is 2.95. The zero-order valence-electron chi connectivity index (χ0n) is 10.7. The van der Waals surface area contributed by atoms with E-state index >= 15 is 0 Å². The molecular formula is C12H16N6O. The maximum Gasteiger partial charge on any atom is 0.156 e. The van der Waals surface area contributed by atoms with Gasteiger partial charge in [0.15, 0.2) is 5.76 Å². The monoisotopic (exact) mass is 260 g/mol. The van der Waals surface area contributed by atoms with Gasteiger partial charge in [-0.05, 0) is 19.8 Å². The molecule has 0 amide bonds. The fourth-order valence-electron chi connectivity index (χ4n) is 1.83. The second-order valence-electron chi connectivity index (χ2n) is 4.70. The van der Waals surface area contributed by atoms with Gasteiger partial charge >= 0.3 is 0 Å². The Morgan fingerprint density at radius 3 is 2.74 bits per heavy atom. The normalized spacial score (nSPS) is 14.4. The number of nitrogen functional groups attached to an aromatic ring is 1. The molecule has 100 valence electrons. The van der Waals surface area contributed by atoms with Crippen molar-refractivity contribution in [3.8, 4) is 0 Å². The molecule has 2 heterocycles. The summed E-state index contributed by atoms with van der Waals surface area (Å²) in [7, 11) is 0. The van der Waals surface area contributed by atoms with E-state index in [0.717, 1.165) is 35.9 Å². The summed E-state index contributed by atoms with van der Waals surface area (Å²) in [4.78, 5) is 8.84. The van der Waals surface area contributed by atoms with E-state index in [1.807, 2.05) is 13.0 Å². The van der Waals surface area contributed by atoms with Gasteiger partial charge < -0.3 is 15.3 Å². The minimum atomic E-state index is 0.473. The highest BCUT2D eigenvalue weighted by Gasteiger charge is 2.27. The van der Waals surface area contributed by atoms with Crippen LogP contribution in [0, 0.1) is 6.92 Å². The van der Waals surface area contributed by atoms with Crippen molar-refractivity contribution in [2.75, 3.05) is 10.7 Å². The minimum absolute atomic E-state index is 0.473. The molecule has 0 bridgehead atoms. The van der Waals surface area contributed by atoms with Gasteiger partial charge in [-0.25, -0.2) is 15.8 Å². The molecule has 4 N–H and O–H groups in total. The van der Waals surface area contributed by atoms with E-state index in [9.17, 15) is 0 Å². The topological polar surface area (TPSA) is 102 Å². The highest BCUT2D eigenvalue weighted by molar-refractivity contribution is 5.47. The fourth-order valence-corrected chi connectivity index (χ4v) is 1.83. The lowest BCUT2D eigenvalue weighted by Gasteiger charge is -2.08. The summed E-state index contributed by atoms with van der Waals surface area (Å²) >= 11 is 0. The smallest absolute Gasteiger partial charge is 0.156 e. The Labute approximate surface area is 110 Å². The average Bonchev–Trinajstić information content (AvgIpc) is 3.19. The predicted molar refractivity (Wildman–Crippen MR) is 70.4 cm³/mol. The van der Waals surface area contributed by atoms with Crippen molar-refractivity contribution in [3.05, 3.63) is 29.4 Å². The molecule has 7 nitrogen and oxygen atoms in total. The lowest BCUT2D eigenvalue weighted by Crippen LogP contribution is -2.12. The molecule has 3 rings (SSSR count). The molecule has 0 unspecified atom stereocenters. The van der Waals surface area contributed by atoms with Crippen molar-refractivity contribution in [1.29, 1.82) is 0 Å². The lowest BCUT2D eigenvalue weighted by molar-refractivity contribution is 0.384. The van der Waals surface area contributed by atoms with Gasteiger partial charge in [-0.2, -0.15) is 0 Å². The number of rotatable bonds is 5. The Hall–Kier alpha value is -2.15. The molecule has 2 aromatic rings. The van der Waals surface area contributed by atoms with E-state index in [1.165, 1.54) is 0 Å². The van der Waals surface area contributed by atoms with E-state index < -0.39 is 0 Å². The summed E-state index contributed by atoms with van der Waals surface area (Å²) in [5.41, 5.74) is 3.43. The third-order valence-electron chi connectivity index (χ3n) is 2.95. The van der Waals surface area contributed by atoms with E-state index in [-0.39, 0.29) is 0 Å². The van der Waals surface area contributed by atoms with Crippen LogP contribution in [0.15, 0.2) is 16.7 Å². The molecule has 7 heteroatoms. The maximum atomic E-state index is 5.42. The number of hydrogen-bond donors (Lipinski definition) is 3. The summed E-state index contributed by atoms with van der Waals surface area (Å²) < 4.78 is 5.14. The molecule has 2 aromatic heterocycles. The largest absolute Gasteiger partial charge is 0.363 e. The third kappa shape index (κ3) is 2.82. The summed E-state index contributed by atoms with van der Waals surface area (Å²) in [5.74, 6) is 8.86. The van der Waals surface area contributed by atoms with Crippen LogP contribution < -0.4 is 16.6 Å². The van der Waals surface area contributed by atoms with Crippen LogP contribution in [0.25, 0.3) is 0 Å². The summed E-state index contributed by atoms with van der Waals surface area (Å²) in [6.45, 7) is 2.42. The first-order valence-electron chi connectivity index (χ1n) is 6.26. The van der Waals surface area contributed by atoms with Crippen LogP contribution in [0.3, 0.4) is 0 Å². The van der Waals surface area contributed by atoms with Gasteiger partial charge in [0.25, 0.3) is 0 Å². The zero-order chi connectivity index (χ0) is 13.2. The first-order valence-corrected chi connectivity index (χ1v) is 6.26. The second-order valence-corrected chi connectivity index (χ2v) is 4.70. The number of aromatic nitrogens is 3. The molecule has 0 radical (unpaired) electrons. The van der Waals surface area contributed by atoms with Crippen LogP contribution in [0.4, 0.5) is 11.6 Å². The number of anilines is 2. The minimum Gasteiger partial charge on any atom is -0.363 e. The molecule has 0 aromatic carbocycles. The van der Waals surface area contributed by atoms with Crippen LogP contribution in [-0.2, 0) is 6.54 Å². The van der Waals surface area contributed by atoms with Gasteiger partial charge in [0.05, 0.1) is 12.2 Å². The summed E-state index contributed by atoms with van der Waals surface area (Å²) in [5, 5.41) is 7.03. The maximum absolute atomic E-state index is 5.42. The standard InChI is InChI=1S/C12H16N6O/c1-7-4-9(19-18-7)6-14-10-5-11(17-13)16-12(15-10)8-2-3-8/h4-5,8H,2-3,6,13H2,1H3,(H2,14,15,16,17). The van der Waals surface area contributed by atoms with Gasteiger partial charge in [-0.15, -0.1) is 0 Å². The Balaban J connectivity index is 1.74. The Morgan fingerprint density at radius 1 is 1.32 bits per heavy atom. The number of nitrogens with zero attached hydrogens (tertiary/aromatic N) is 3. The van der Waals surface area contributed by atoms with Crippen molar-refractivity contribution in [3.63, 3.8) is 0 Å². The van der Waals surface area contributed by atoms with E-state index in [0.29, 0.717) is 18.3 Å². The summed E-state index contributed by atoms with van der Waals surface area (Å²) in [6.07, 6.45) is 2.30. The first kappa shape index (κ1) is 11.9. The predicted octanol–water partition coefficient (Wildman–Crippen LogP) is 1.55. The van der Waals surface area contributed by atoms with Crippen molar-refractivity contribution < 1.29 is 4.52 Å². The molecule has 19 heavy (non-hydrogen) atoms. The molecule has 1 aliphatic carbocycles. The quantitative estimate of drug-likeness (QED) is 0.553. The van der Waals surface area contributed by atoms with Gasteiger partial charge in [-0.1, -0.05) is 5.16 Å². The highest BCUT2D eigenvalue weighted by atomic mass is 16.5. The van der Waals surface area contributed by atoms with Crippen LogP contribution >= 0.6 is 0 Å². The lowest BCUT2D eigenvalue weighted by atomic mass is 10.3. The van der Waals surface area contributed by atoms with Gasteiger partial charge in [-0.3, -0.25) is 0 Å². The molecule has 1 fully saturated rings. The molecule has 0 saturated heterocycles. The Morgan fingerprint density at radius 2 is 2.11 bits per heavy atom. The van der Waals surface area contributed by atoms with Crippen LogP contribution in [-0.4, -0.2) is 15.1 Å². The first-order chi connectivity index (χ1) is 9.24. The molecular weight excluding hydrogens is 244 g/mol. The average molecular weight is 260 g/mol. The number of hydrogen-bond acceptors (Lipinski definition) is 7. The molecule has 0 atom stereocenters. The van der Waals surface area contributed by atoms with Crippen molar-refractivity contribution in [2.24, 2.45) is 5.84 Å². The van der Waals surface area contributed by atoms with E-state index in [1.54, 1.807) is 6.07 Å². The van der Waals surface area contributed by atoms with Gasteiger partial charge in [0.1, 0.15) is 17.5 Å². The van der Waals surface area contributed by atoms with Crippen LogP contribution in [0.1, 0.15) is 36.0 Å². The SMILES string of the molecule is Cc1cc(CNc2cc(NN)nc(C3CC3)n2)on1. The van der Waals surface area contributed by atoms with Crippen LogP contribution in [0.5, 0.6) is 0 Å². The van der Waals surface area contributed by atoms with Gasteiger partial charge in [0.2, 0.25) is 0 Å². The molecule has 1 saturated carbocycles. The highest BCUT2D eigenvalue weighted by Crippen LogP contribution is 2.38. The summed E-state index contributed by atoms with van der Waals surface area (Å²) in [6, 6.07) is 3.66. The second kappa shape index (κ2) is 4.85. The van der Waals surface area contributed by atoms with Gasteiger partial charge in [0, 0.05) is 18.1 Å². The van der Waals surface area contributed by atoms with Crippen LogP contribution in [0.2, 0.25) is 0 Å². The number of nitrogens with two attached hydrogens (primary N) is 1. The van der Waals surface area contributed by atoms with Crippen molar-refractivity contribution in [1.82, 2.24) is 15.1 Å². The Bertz CT molecular complexity index is 577. The molecule has 0 aliphatic heterocycles. The number of hydrazine groups is 1. The fraction of sp³-hybridized carbons (Fsp3) is 0.417. The zero-order valence-corrected chi connectivity index (χ0v) is 10.7. The number of aryl methyl sites for hydroxylation is 1. The van der Waals surface area contributed by atoms with E-state index in [2.05, 4.69) is 25.9 Å². The Kier molecular flexibility index (Phi) is 3.04. The van der Waals surface area contributed by atoms with Crippen molar-refractivity contribution >= 4 is 11.6 Å². The molecule has 1 aliphatic rings. The van der Waals surface area contributed by atoms with Crippen molar-refractivity contribution in [2.45, 2.75) is 32.2 Å².